The quantitative estimate of drug-likeness (QED) is 0.754. The van der Waals surface area contributed by atoms with Gasteiger partial charge in [-0.1, -0.05) is 42.5 Å². The zero-order valence-electron chi connectivity index (χ0n) is 12.9. The van der Waals surface area contributed by atoms with Crippen molar-refractivity contribution in [2.45, 2.75) is 12.2 Å². The molecule has 0 bridgehead atoms. The van der Waals surface area contributed by atoms with E-state index >= 15 is 0 Å². The highest BCUT2D eigenvalue weighted by Crippen LogP contribution is 2.14. The normalized spacial score (nSPS) is 11.9. The minimum atomic E-state index is -3.33. The molecule has 0 aliphatic rings. The number of imidazole rings is 1. The van der Waals surface area contributed by atoms with Crippen molar-refractivity contribution in [3.63, 3.8) is 0 Å². The molecule has 0 unspecified atom stereocenters. The molecular formula is C17H19N3O2S. The Bertz CT molecular complexity index is 902. The lowest BCUT2D eigenvalue weighted by Crippen LogP contribution is -2.27. The van der Waals surface area contributed by atoms with Crippen LogP contribution in [0.5, 0.6) is 0 Å². The molecule has 0 fully saturated rings. The van der Waals surface area contributed by atoms with Crippen LogP contribution in [-0.2, 0) is 29.2 Å². The summed E-state index contributed by atoms with van der Waals surface area (Å²) < 4.78 is 28.9. The number of benzene rings is 2. The van der Waals surface area contributed by atoms with Crippen LogP contribution in [0.1, 0.15) is 11.4 Å². The van der Waals surface area contributed by atoms with Gasteiger partial charge in [-0.15, -0.1) is 0 Å². The Morgan fingerprint density at radius 2 is 1.74 bits per heavy atom. The molecule has 1 aromatic heterocycles. The van der Waals surface area contributed by atoms with Crippen molar-refractivity contribution in [1.82, 2.24) is 14.3 Å². The van der Waals surface area contributed by atoms with Crippen LogP contribution in [0.15, 0.2) is 54.6 Å². The smallest absolute Gasteiger partial charge is 0.215 e. The zero-order chi connectivity index (χ0) is 16.3. The van der Waals surface area contributed by atoms with Gasteiger partial charge in [-0.05, 0) is 17.7 Å². The third-order valence-corrected chi connectivity index (χ3v) is 5.11. The van der Waals surface area contributed by atoms with E-state index in [2.05, 4.69) is 9.71 Å². The molecule has 0 amide bonds. The summed E-state index contributed by atoms with van der Waals surface area (Å²) in [4.78, 5) is 4.54. The minimum absolute atomic E-state index is 0.00359. The number of hydrogen-bond acceptors (Lipinski definition) is 3. The van der Waals surface area contributed by atoms with Crippen molar-refractivity contribution in [1.29, 1.82) is 0 Å². The number of aryl methyl sites for hydroxylation is 1. The molecule has 3 aromatic rings. The van der Waals surface area contributed by atoms with E-state index in [4.69, 9.17) is 0 Å². The van der Waals surface area contributed by atoms with E-state index < -0.39 is 10.0 Å². The van der Waals surface area contributed by atoms with Crippen LogP contribution in [0.2, 0.25) is 0 Å². The lowest BCUT2D eigenvalue weighted by molar-refractivity contribution is 0.579. The first kappa shape index (κ1) is 15.7. The zero-order valence-corrected chi connectivity index (χ0v) is 13.8. The molecule has 0 radical (unpaired) electrons. The van der Waals surface area contributed by atoms with Gasteiger partial charge >= 0.3 is 0 Å². The molecule has 23 heavy (non-hydrogen) atoms. The van der Waals surface area contributed by atoms with Crippen LogP contribution in [0, 0.1) is 0 Å². The standard InChI is InChI=1S/C17H19N3O2S/c1-20-16-10-6-5-9-15(16)19-17(20)11-12-18-23(21,22)13-14-7-3-2-4-8-14/h2-10,18H,11-13H2,1H3. The SMILES string of the molecule is Cn1c(CCNS(=O)(=O)Cc2ccccc2)nc2ccccc21. The van der Waals surface area contributed by atoms with Gasteiger partial charge in [-0.3, -0.25) is 0 Å². The largest absolute Gasteiger partial charge is 0.331 e. The predicted octanol–water partition coefficient (Wildman–Crippen LogP) is 2.24. The Balaban J connectivity index is 1.63. The number of rotatable bonds is 6. The first-order chi connectivity index (χ1) is 11.1. The number of fused-ring (bicyclic) bond motifs is 1. The van der Waals surface area contributed by atoms with Crippen LogP contribution < -0.4 is 4.72 Å². The van der Waals surface area contributed by atoms with Crippen molar-refractivity contribution in [3.8, 4) is 0 Å². The van der Waals surface area contributed by atoms with Gasteiger partial charge < -0.3 is 4.57 Å². The Morgan fingerprint density at radius 1 is 1.04 bits per heavy atom. The van der Waals surface area contributed by atoms with Crippen molar-refractivity contribution in [2.75, 3.05) is 6.54 Å². The second-order valence-electron chi connectivity index (χ2n) is 5.46. The van der Waals surface area contributed by atoms with E-state index in [1.165, 1.54) is 0 Å². The summed E-state index contributed by atoms with van der Waals surface area (Å²) in [6.45, 7) is 0.340. The van der Waals surface area contributed by atoms with Crippen molar-refractivity contribution in [2.24, 2.45) is 7.05 Å². The second kappa shape index (κ2) is 6.52. The first-order valence-electron chi connectivity index (χ1n) is 7.47. The lowest BCUT2D eigenvalue weighted by Gasteiger charge is -2.07. The minimum Gasteiger partial charge on any atom is -0.331 e. The molecule has 0 spiro atoms. The van der Waals surface area contributed by atoms with Crippen molar-refractivity contribution < 1.29 is 8.42 Å². The maximum atomic E-state index is 12.1. The predicted molar refractivity (Wildman–Crippen MR) is 91.5 cm³/mol. The van der Waals surface area contributed by atoms with E-state index in [-0.39, 0.29) is 5.75 Å². The van der Waals surface area contributed by atoms with Crippen LogP contribution in [-0.4, -0.2) is 24.5 Å². The van der Waals surface area contributed by atoms with E-state index in [1.807, 2.05) is 66.2 Å². The Hall–Kier alpha value is -2.18. The topological polar surface area (TPSA) is 64.0 Å². The van der Waals surface area contributed by atoms with Crippen LogP contribution in [0.4, 0.5) is 0 Å². The fourth-order valence-corrected chi connectivity index (χ4v) is 3.73. The molecule has 120 valence electrons. The molecular weight excluding hydrogens is 310 g/mol. The summed E-state index contributed by atoms with van der Waals surface area (Å²) in [6.07, 6.45) is 0.555. The summed E-state index contributed by atoms with van der Waals surface area (Å²) in [5.41, 5.74) is 2.76. The molecule has 0 atom stereocenters. The fourth-order valence-electron chi connectivity index (χ4n) is 2.58. The fraction of sp³-hybridized carbons (Fsp3) is 0.235. The number of hydrogen-bond donors (Lipinski definition) is 1. The van der Waals surface area contributed by atoms with E-state index in [1.54, 1.807) is 0 Å². The molecule has 0 aliphatic heterocycles. The molecule has 5 nitrogen and oxygen atoms in total. The molecule has 2 aromatic carbocycles. The van der Waals surface area contributed by atoms with Gasteiger partial charge in [0.25, 0.3) is 0 Å². The van der Waals surface area contributed by atoms with E-state index in [0.717, 1.165) is 22.4 Å². The summed E-state index contributed by atoms with van der Waals surface area (Å²) in [7, 11) is -1.39. The molecule has 3 rings (SSSR count). The van der Waals surface area contributed by atoms with Crippen LogP contribution >= 0.6 is 0 Å². The number of para-hydroxylation sites is 2. The van der Waals surface area contributed by atoms with Gasteiger partial charge in [-0.2, -0.15) is 0 Å². The van der Waals surface area contributed by atoms with Crippen LogP contribution in [0.3, 0.4) is 0 Å². The third-order valence-electron chi connectivity index (χ3n) is 3.75. The number of nitrogens with zero attached hydrogens (tertiary/aromatic N) is 2. The van der Waals surface area contributed by atoms with Crippen LogP contribution in [0.25, 0.3) is 11.0 Å². The van der Waals surface area contributed by atoms with Gasteiger partial charge in [0.1, 0.15) is 5.82 Å². The number of nitrogens with one attached hydrogen (secondary N) is 1. The maximum absolute atomic E-state index is 12.1. The molecule has 0 aliphatic carbocycles. The highest BCUT2D eigenvalue weighted by atomic mass is 32.2. The van der Waals surface area contributed by atoms with Crippen molar-refractivity contribution >= 4 is 21.1 Å². The third kappa shape index (κ3) is 3.78. The summed E-state index contributed by atoms with van der Waals surface area (Å²) in [6, 6.07) is 17.0. The van der Waals surface area contributed by atoms with E-state index in [9.17, 15) is 8.42 Å². The van der Waals surface area contributed by atoms with E-state index in [0.29, 0.717) is 13.0 Å². The summed E-state index contributed by atoms with van der Waals surface area (Å²) >= 11 is 0. The Morgan fingerprint density at radius 3 is 2.48 bits per heavy atom. The average molecular weight is 329 g/mol. The molecule has 1 heterocycles. The lowest BCUT2D eigenvalue weighted by atomic mass is 10.2. The Kier molecular flexibility index (Phi) is 4.45. The average Bonchev–Trinajstić information content (AvgIpc) is 2.85. The first-order valence-corrected chi connectivity index (χ1v) is 9.12. The molecule has 0 saturated heterocycles. The number of sulfonamides is 1. The summed E-state index contributed by atoms with van der Waals surface area (Å²) in [5, 5.41) is 0. The number of aromatic nitrogens is 2. The summed E-state index contributed by atoms with van der Waals surface area (Å²) in [5.74, 6) is 0.865. The highest BCUT2D eigenvalue weighted by molar-refractivity contribution is 7.88. The second-order valence-corrected chi connectivity index (χ2v) is 7.27. The molecule has 1 N–H and O–H groups in total. The Labute approximate surface area is 136 Å². The van der Waals surface area contributed by atoms with Gasteiger partial charge in [0.05, 0.1) is 16.8 Å². The van der Waals surface area contributed by atoms with Gasteiger partial charge in [0, 0.05) is 20.0 Å². The van der Waals surface area contributed by atoms with Gasteiger partial charge in [0.15, 0.2) is 0 Å². The van der Waals surface area contributed by atoms with Gasteiger partial charge in [-0.25, -0.2) is 18.1 Å². The maximum Gasteiger partial charge on any atom is 0.215 e. The van der Waals surface area contributed by atoms with Gasteiger partial charge in [0.2, 0.25) is 10.0 Å². The molecule has 0 saturated carbocycles. The molecule has 6 heteroatoms. The van der Waals surface area contributed by atoms with Crippen molar-refractivity contribution in [3.05, 3.63) is 66.0 Å². The highest BCUT2D eigenvalue weighted by Gasteiger charge is 2.12. The monoisotopic (exact) mass is 329 g/mol.